The van der Waals surface area contributed by atoms with E-state index in [-0.39, 0.29) is 18.5 Å². The van der Waals surface area contributed by atoms with Crippen molar-refractivity contribution in [2.75, 3.05) is 19.5 Å². The van der Waals surface area contributed by atoms with E-state index in [1.54, 1.807) is 48.5 Å². The van der Waals surface area contributed by atoms with Crippen molar-refractivity contribution in [3.63, 3.8) is 0 Å². The Hall–Kier alpha value is -4.01. The summed E-state index contributed by atoms with van der Waals surface area (Å²) in [5.74, 6) is -0.674. The molecule has 0 saturated heterocycles. The predicted molar refractivity (Wildman–Crippen MR) is 122 cm³/mol. The summed E-state index contributed by atoms with van der Waals surface area (Å²) < 4.78 is 45.7. The van der Waals surface area contributed by atoms with E-state index in [2.05, 4.69) is 5.32 Å². The Morgan fingerprint density at radius 2 is 1.71 bits per heavy atom. The number of rotatable bonds is 7. The molecule has 0 saturated carbocycles. The van der Waals surface area contributed by atoms with Gasteiger partial charge in [-0.15, -0.1) is 0 Å². The number of hydrogen-bond donors (Lipinski definition) is 2. The number of alkyl halides is 3. The molecule has 0 unspecified atom stereocenters. The predicted octanol–water partition coefficient (Wildman–Crippen LogP) is 5.67. The number of halogens is 3. The van der Waals surface area contributed by atoms with Crippen LogP contribution in [0.3, 0.4) is 0 Å². The molecule has 3 rings (SSSR count). The lowest BCUT2D eigenvalue weighted by molar-refractivity contribution is -0.138. The third-order valence-electron chi connectivity index (χ3n) is 5.12. The number of amides is 2. The molecular weight excluding hydrogens is 449 g/mol. The van der Waals surface area contributed by atoms with Gasteiger partial charge in [0, 0.05) is 24.8 Å². The smallest absolute Gasteiger partial charge is 0.416 e. The van der Waals surface area contributed by atoms with Gasteiger partial charge in [-0.2, -0.15) is 13.2 Å². The minimum atomic E-state index is -4.58. The third kappa shape index (κ3) is 6.06. The van der Waals surface area contributed by atoms with Crippen LogP contribution in [0.5, 0.6) is 5.75 Å². The molecule has 2 amide bonds. The van der Waals surface area contributed by atoms with Crippen molar-refractivity contribution >= 4 is 17.7 Å². The first-order valence-corrected chi connectivity index (χ1v) is 10.2. The van der Waals surface area contributed by atoms with Crippen LogP contribution in [0.4, 0.5) is 23.7 Å². The Bertz CT molecular complexity index is 1180. The van der Waals surface area contributed by atoms with Gasteiger partial charge in [-0.25, -0.2) is 4.79 Å². The highest BCUT2D eigenvalue weighted by Gasteiger charge is 2.31. The normalized spacial score (nSPS) is 11.1. The number of carbonyl (C=O) groups excluding carboxylic acids is 1. The van der Waals surface area contributed by atoms with Gasteiger partial charge in [0.25, 0.3) is 0 Å². The molecule has 0 aliphatic heterocycles. The second kappa shape index (κ2) is 10.3. The maximum absolute atomic E-state index is 13.5. The van der Waals surface area contributed by atoms with E-state index in [4.69, 9.17) is 9.84 Å². The van der Waals surface area contributed by atoms with Crippen molar-refractivity contribution < 1.29 is 32.6 Å². The first kappa shape index (κ1) is 24.6. The summed E-state index contributed by atoms with van der Waals surface area (Å²) in [6.45, 7) is -0.135. The molecule has 0 fully saturated rings. The maximum Gasteiger partial charge on any atom is 0.416 e. The van der Waals surface area contributed by atoms with Gasteiger partial charge in [0.1, 0.15) is 5.75 Å². The summed E-state index contributed by atoms with van der Waals surface area (Å²) in [5, 5.41) is 11.8. The van der Waals surface area contributed by atoms with Gasteiger partial charge in [0.2, 0.25) is 0 Å². The molecule has 9 heteroatoms. The number of anilines is 1. The van der Waals surface area contributed by atoms with Crippen LogP contribution < -0.4 is 10.1 Å². The molecule has 2 N–H and O–H groups in total. The van der Waals surface area contributed by atoms with Crippen molar-refractivity contribution in [3.05, 3.63) is 83.4 Å². The van der Waals surface area contributed by atoms with Gasteiger partial charge in [0.05, 0.1) is 19.1 Å². The van der Waals surface area contributed by atoms with Crippen molar-refractivity contribution in [2.45, 2.75) is 19.1 Å². The van der Waals surface area contributed by atoms with E-state index < -0.39 is 23.7 Å². The molecule has 6 nitrogen and oxygen atoms in total. The van der Waals surface area contributed by atoms with Crippen molar-refractivity contribution in [3.8, 4) is 16.9 Å². The average molecular weight is 472 g/mol. The van der Waals surface area contributed by atoms with Crippen LogP contribution in [0.2, 0.25) is 0 Å². The largest absolute Gasteiger partial charge is 0.496 e. The van der Waals surface area contributed by atoms with Gasteiger partial charge < -0.3 is 20.1 Å². The molecule has 34 heavy (non-hydrogen) atoms. The summed E-state index contributed by atoms with van der Waals surface area (Å²) in [5.41, 5.74) is 1.21. The molecule has 0 bridgehead atoms. The van der Waals surface area contributed by atoms with Crippen LogP contribution >= 0.6 is 0 Å². The number of para-hydroxylation sites is 1. The first-order chi connectivity index (χ1) is 16.1. The van der Waals surface area contributed by atoms with E-state index >= 15 is 0 Å². The first-order valence-electron chi connectivity index (χ1n) is 10.2. The number of ether oxygens (including phenoxy) is 1. The Labute approximate surface area is 194 Å². The average Bonchev–Trinajstić information content (AvgIpc) is 2.78. The number of aliphatic carboxylic acids is 1. The topological polar surface area (TPSA) is 78.9 Å². The van der Waals surface area contributed by atoms with Crippen molar-refractivity contribution in [1.29, 1.82) is 0 Å². The van der Waals surface area contributed by atoms with E-state index in [0.29, 0.717) is 28.1 Å². The fourth-order valence-electron chi connectivity index (χ4n) is 3.48. The molecule has 0 heterocycles. The lowest BCUT2D eigenvalue weighted by Crippen LogP contribution is -2.31. The highest BCUT2D eigenvalue weighted by molar-refractivity contribution is 5.89. The van der Waals surface area contributed by atoms with Crippen molar-refractivity contribution in [2.24, 2.45) is 0 Å². The molecule has 3 aromatic carbocycles. The fraction of sp³-hybridized carbons (Fsp3) is 0.200. The van der Waals surface area contributed by atoms with E-state index in [1.807, 2.05) is 0 Å². The molecule has 0 aliphatic rings. The molecule has 178 valence electrons. The van der Waals surface area contributed by atoms with Crippen molar-refractivity contribution in [1.82, 2.24) is 4.90 Å². The highest BCUT2D eigenvalue weighted by Crippen LogP contribution is 2.38. The molecule has 0 spiro atoms. The molecule has 0 radical (unpaired) electrons. The highest BCUT2D eigenvalue weighted by atomic mass is 19.4. The monoisotopic (exact) mass is 472 g/mol. The molecule has 0 atom stereocenters. The number of benzene rings is 3. The Kier molecular flexibility index (Phi) is 7.45. The van der Waals surface area contributed by atoms with E-state index in [9.17, 15) is 22.8 Å². The minimum absolute atomic E-state index is 0.135. The van der Waals surface area contributed by atoms with Crippen LogP contribution in [0, 0.1) is 0 Å². The van der Waals surface area contributed by atoms with Crippen LogP contribution in [-0.2, 0) is 23.9 Å². The maximum atomic E-state index is 13.5. The standard InChI is InChI=1S/C25H23F3N2O4/c1-30(24(33)29-19-6-4-3-5-7-19)15-17-14-18(25(26,27)28)9-10-20(17)21-12-16(13-23(31)32)8-11-22(21)34-2/h3-12,14H,13,15H2,1-2H3,(H,29,33)(H,31,32). The second-order valence-corrected chi connectivity index (χ2v) is 7.63. The number of carboxylic acids is 1. The molecular formula is C25H23F3N2O4. The number of nitrogens with one attached hydrogen (secondary N) is 1. The third-order valence-corrected chi connectivity index (χ3v) is 5.12. The summed E-state index contributed by atoms with van der Waals surface area (Å²) >= 11 is 0. The fourth-order valence-corrected chi connectivity index (χ4v) is 3.48. The molecule has 3 aromatic rings. The number of methoxy groups -OCH3 is 1. The number of urea groups is 1. The lowest BCUT2D eigenvalue weighted by atomic mass is 9.94. The number of hydrogen-bond acceptors (Lipinski definition) is 3. The number of nitrogens with zero attached hydrogens (tertiary/aromatic N) is 1. The van der Waals surface area contributed by atoms with E-state index in [0.717, 1.165) is 12.1 Å². The lowest BCUT2D eigenvalue weighted by Gasteiger charge is -2.22. The number of carboxylic acid groups (broad SMARTS) is 1. The zero-order valence-corrected chi connectivity index (χ0v) is 18.5. The molecule has 0 aliphatic carbocycles. The number of carbonyl (C=O) groups is 2. The minimum Gasteiger partial charge on any atom is -0.496 e. The van der Waals surface area contributed by atoms with Gasteiger partial charge >= 0.3 is 18.2 Å². The Balaban J connectivity index is 2.02. The summed E-state index contributed by atoms with van der Waals surface area (Å²) in [7, 11) is 2.89. The summed E-state index contributed by atoms with van der Waals surface area (Å²) in [4.78, 5) is 25.1. The molecule has 0 aromatic heterocycles. The Morgan fingerprint density at radius 1 is 1.00 bits per heavy atom. The Morgan fingerprint density at radius 3 is 2.32 bits per heavy atom. The van der Waals surface area contributed by atoms with Gasteiger partial charge in [-0.05, 0) is 53.1 Å². The van der Waals surface area contributed by atoms with Gasteiger partial charge in [-0.1, -0.05) is 30.3 Å². The van der Waals surface area contributed by atoms with Crippen LogP contribution in [0.15, 0.2) is 66.7 Å². The quantitative estimate of drug-likeness (QED) is 0.464. The summed E-state index contributed by atoms with van der Waals surface area (Å²) in [6.07, 6.45) is -4.83. The van der Waals surface area contributed by atoms with Crippen LogP contribution in [0.25, 0.3) is 11.1 Å². The second-order valence-electron chi connectivity index (χ2n) is 7.63. The van der Waals surface area contributed by atoms with Gasteiger partial charge in [0.15, 0.2) is 0 Å². The van der Waals surface area contributed by atoms with Crippen LogP contribution in [-0.4, -0.2) is 36.2 Å². The SMILES string of the molecule is COc1ccc(CC(=O)O)cc1-c1ccc(C(F)(F)F)cc1CN(C)C(=O)Nc1ccccc1. The zero-order valence-electron chi connectivity index (χ0n) is 18.5. The zero-order chi connectivity index (χ0) is 24.9. The van der Waals surface area contributed by atoms with E-state index in [1.165, 1.54) is 25.1 Å². The van der Waals surface area contributed by atoms with Crippen LogP contribution in [0.1, 0.15) is 16.7 Å². The van der Waals surface area contributed by atoms with Gasteiger partial charge in [-0.3, -0.25) is 4.79 Å². The summed E-state index contributed by atoms with van der Waals surface area (Å²) in [6, 6.07) is 16.2.